The third-order valence-corrected chi connectivity index (χ3v) is 5.51. The number of amides is 3. The summed E-state index contributed by atoms with van der Waals surface area (Å²) < 4.78 is 0.913. The summed E-state index contributed by atoms with van der Waals surface area (Å²) in [5.74, 6) is 0.309. The van der Waals surface area contributed by atoms with Gasteiger partial charge >= 0.3 is 0 Å². The SMILES string of the molecule is O=C(C[C@@H]1S/C(=N\N=C2\CSC(=O)N2)NC1=O)Nc1ccc(Br)cc1. The van der Waals surface area contributed by atoms with Crippen LogP contribution in [0.25, 0.3) is 0 Å². The summed E-state index contributed by atoms with van der Waals surface area (Å²) in [6.07, 6.45) is 0.0226. The molecule has 1 atom stereocenters. The van der Waals surface area contributed by atoms with Gasteiger partial charge in [0.15, 0.2) is 5.17 Å². The van der Waals surface area contributed by atoms with Gasteiger partial charge in [0.05, 0.1) is 5.75 Å². The highest BCUT2D eigenvalue weighted by atomic mass is 79.9. The van der Waals surface area contributed by atoms with E-state index in [1.165, 1.54) is 0 Å². The Morgan fingerprint density at radius 3 is 2.68 bits per heavy atom. The van der Waals surface area contributed by atoms with Crippen LogP contribution in [0.2, 0.25) is 0 Å². The number of nitrogens with zero attached hydrogens (tertiary/aromatic N) is 2. The maximum absolute atomic E-state index is 12.1. The predicted molar refractivity (Wildman–Crippen MR) is 103 cm³/mol. The minimum atomic E-state index is -0.568. The summed E-state index contributed by atoms with van der Waals surface area (Å²) in [6, 6.07) is 7.16. The van der Waals surface area contributed by atoms with Gasteiger partial charge in [0.1, 0.15) is 11.1 Å². The number of benzene rings is 1. The van der Waals surface area contributed by atoms with Crippen molar-refractivity contribution in [3.05, 3.63) is 28.7 Å². The summed E-state index contributed by atoms with van der Waals surface area (Å²) >= 11 is 5.56. The minimum Gasteiger partial charge on any atom is -0.326 e. The van der Waals surface area contributed by atoms with Crippen molar-refractivity contribution in [2.24, 2.45) is 10.2 Å². The van der Waals surface area contributed by atoms with E-state index in [-0.39, 0.29) is 23.5 Å². The Morgan fingerprint density at radius 1 is 1.24 bits per heavy atom. The predicted octanol–water partition coefficient (Wildman–Crippen LogP) is 2.14. The van der Waals surface area contributed by atoms with E-state index in [1.807, 2.05) is 12.1 Å². The van der Waals surface area contributed by atoms with Gasteiger partial charge in [0, 0.05) is 16.6 Å². The highest BCUT2D eigenvalue weighted by molar-refractivity contribution is 9.10. The zero-order valence-corrected chi connectivity index (χ0v) is 15.8. The Morgan fingerprint density at radius 2 is 2.00 bits per heavy atom. The van der Waals surface area contributed by atoms with E-state index in [9.17, 15) is 14.4 Å². The fraction of sp³-hybridized carbons (Fsp3) is 0.214. The number of amidine groups is 2. The fourth-order valence-corrected chi connectivity index (χ4v) is 3.75. The molecule has 25 heavy (non-hydrogen) atoms. The average molecular weight is 442 g/mol. The molecule has 0 aromatic heterocycles. The van der Waals surface area contributed by atoms with Crippen molar-refractivity contribution in [1.82, 2.24) is 10.6 Å². The molecule has 0 radical (unpaired) electrons. The lowest BCUT2D eigenvalue weighted by atomic mass is 10.2. The van der Waals surface area contributed by atoms with Crippen LogP contribution in [0.3, 0.4) is 0 Å². The molecule has 0 bridgehead atoms. The second kappa shape index (κ2) is 8.02. The first-order valence-corrected chi connectivity index (χ1v) is 9.76. The molecule has 2 aliphatic heterocycles. The first-order chi connectivity index (χ1) is 12.0. The first-order valence-electron chi connectivity index (χ1n) is 7.11. The van der Waals surface area contributed by atoms with E-state index in [1.54, 1.807) is 12.1 Å². The van der Waals surface area contributed by atoms with Gasteiger partial charge in [-0.1, -0.05) is 39.5 Å². The fourth-order valence-electron chi connectivity index (χ4n) is 1.98. The smallest absolute Gasteiger partial charge is 0.284 e. The van der Waals surface area contributed by atoms with E-state index >= 15 is 0 Å². The molecule has 3 rings (SSSR count). The molecule has 2 fully saturated rings. The van der Waals surface area contributed by atoms with E-state index in [0.29, 0.717) is 22.4 Å². The van der Waals surface area contributed by atoms with Gasteiger partial charge in [-0.05, 0) is 24.3 Å². The molecule has 2 saturated heterocycles. The van der Waals surface area contributed by atoms with Crippen molar-refractivity contribution in [3.8, 4) is 0 Å². The lowest BCUT2D eigenvalue weighted by Crippen LogP contribution is -2.28. The molecule has 1 aromatic rings. The van der Waals surface area contributed by atoms with E-state index in [2.05, 4.69) is 42.1 Å². The molecule has 1 aromatic carbocycles. The van der Waals surface area contributed by atoms with Crippen molar-refractivity contribution >= 4 is 73.2 Å². The molecule has 11 heteroatoms. The number of anilines is 1. The van der Waals surface area contributed by atoms with Crippen LogP contribution in [0.1, 0.15) is 6.42 Å². The molecule has 8 nitrogen and oxygen atoms in total. The number of halogens is 1. The maximum atomic E-state index is 12.1. The molecule has 3 amide bonds. The number of rotatable bonds is 4. The van der Waals surface area contributed by atoms with Crippen LogP contribution in [0.5, 0.6) is 0 Å². The van der Waals surface area contributed by atoms with Gasteiger partial charge in [0.25, 0.3) is 5.24 Å². The molecule has 0 unspecified atom stereocenters. The van der Waals surface area contributed by atoms with Gasteiger partial charge in [0.2, 0.25) is 11.8 Å². The first kappa shape index (κ1) is 18.0. The maximum Gasteiger partial charge on any atom is 0.284 e. The summed E-state index contributed by atoms with van der Waals surface area (Å²) in [7, 11) is 0. The lowest BCUT2D eigenvalue weighted by molar-refractivity contribution is -0.122. The summed E-state index contributed by atoms with van der Waals surface area (Å²) in [5.41, 5.74) is 0.659. The molecule has 3 N–H and O–H groups in total. The van der Waals surface area contributed by atoms with Crippen molar-refractivity contribution < 1.29 is 14.4 Å². The third-order valence-electron chi connectivity index (χ3n) is 3.12. The zero-order chi connectivity index (χ0) is 17.8. The van der Waals surface area contributed by atoms with Crippen LogP contribution in [-0.4, -0.2) is 39.1 Å². The summed E-state index contributed by atoms with van der Waals surface area (Å²) in [5, 5.41) is 15.2. The average Bonchev–Trinajstić information content (AvgIpc) is 3.14. The van der Waals surface area contributed by atoms with Crippen LogP contribution in [-0.2, 0) is 9.59 Å². The monoisotopic (exact) mass is 441 g/mol. The van der Waals surface area contributed by atoms with Crippen LogP contribution in [0.4, 0.5) is 10.5 Å². The Kier molecular flexibility index (Phi) is 5.76. The number of carbonyl (C=O) groups is 3. The van der Waals surface area contributed by atoms with Gasteiger partial charge in [-0.3, -0.25) is 14.4 Å². The minimum absolute atomic E-state index is 0.0226. The molecular weight excluding hydrogens is 430 g/mol. The second-order valence-electron chi connectivity index (χ2n) is 5.01. The number of carbonyl (C=O) groups excluding carboxylic acids is 3. The zero-order valence-electron chi connectivity index (χ0n) is 12.6. The number of thioether (sulfide) groups is 2. The van der Waals surface area contributed by atoms with E-state index < -0.39 is 5.25 Å². The van der Waals surface area contributed by atoms with Crippen LogP contribution in [0, 0.1) is 0 Å². The Hall–Kier alpha value is -1.85. The third kappa shape index (κ3) is 5.06. The number of hydrogen-bond acceptors (Lipinski definition) is 7. The molecule has 0 spiro atoms. The highest BCUT2D eigenvalue weighted by Crippen LogP contribution is 2.23. The molecule has 0 aliphatic carbocycles. The molecule has 2 heterocycles. The Labute approximate surface area is 159 Å². The normalized spacial score (nSPS) is 23.0. The van der Waals surface area contributed by atoms with Gasteiger partial charge in [-0.25, -0.2) is 0 Å². The molecule has 130 valence electrons. The standard InChI is InChI=1S/C14H12BrN5O3S2/c15-7-1-3-8(4-2-7)16-11(21)5-9-12(22)18-13(25-9)20-19-10-6-24-14(23)17-10/h1-4,9H,5-6H2,(H,16,21)(H,17,19,23)(H,18,20,22)/t9-/m0/s1. The highest BCUT2D eigenvalue weighted by Gasteiger charge is 2.32. The Bertz CT molecular complexity index is 781. The van der Waals surface area contributed by atoms with Crippen LogP contribution in [0.15, 0.2) is 38.9 Å². The largest absolute Gasteiger partial charge is 0.326 e. The molecular formula is C14H12BrN5O3S2. The lowest BCUT2D eigenvalue weighted by Gasteiger charge is -2.07. The second-order valence-corrected chi connectivity index (χ2v) is 8.06. The van der Waals surface area contributed by atoms with Crippen LogP contribution < -0.4 is 16.0 Å². The van der Waals surface area contributed by atoms with Crippen molar-refractivity contribution in [2.45, 2.75) is 11.7 Å². The number of nitrogens with one attached hydrogen (secondary N) is 3. The number of hydrogen-bond donors (Lipinski definition) is 3. The van der Waals surface area contributed by atoms with Crippen molar-refractivity contribution in [3.63, 3.8) is 0 Å². The van der Waals surface area contributed by atoms with Gasteiger partial charge < -0.3 is 16.0 Å². The van der Waals surface area contributed by atoms with Crippen LogP contribution >= 0.6 is 39.5 Å². The molecule has 2 aliphatic rings. The van der Waals surface area contributed by atoms with E-state index in [4.69, 9.17) is 0 Å². The summed E-state index contributed by atoms with van der Waals surface area (Å²) in [4.78, 5) is 35.1. The quantitative estimate of drug-likeness (QED) is 0.619. The van der Waals surface area contributed by atoms with E-state index in [0.717, 1.165) is 28.0 Å². The van der Waals surface area contributed by atoms with Gasteiger partial charge in [-0.2, -0.15) is 0 Å². The van der Waals surface area contributed by atoms with Gasteiger partial charge in [-0.15, -0.1) is 10.2 Å². The Balaban J connectivity index is 1.54. The molecule has 0 saturated carbocycles. The topological polar surface area (TPSA) is 112 Å². The van der Waals surface area contributed by atoms with Crippen molar-refractivity contribution in [2.75, 3.05) is 11.1 Å². The summed E-state index contributed by atoms with van der Waals surface area (Å²) in [6.45, 7) is 0. The van der Waals surface area contributed by atoms with Crippen molar-refractivity contribution in [1.29, 1.82) is 0 Å².